The molecular formula is C27H28ClN3O3. The minimum absolute atomic E-state index is 0.256. The number of hydrogen-bond acceptors (Lipinski definition) is 5. The molecule has 34 heavy (non-hydrogen) atoms. The predicted molar refractivity (Wildman–Crippen MR) is 136 cm³/mol. The second-order valence-electron chi connectivity index (χ2n) is 7.96. The van der Waals surface area contributed by atoms with Crippen molar-refractivity contribution in [2.75, 3.05) is 24.6 Å². The van der Waals surface area contributed by atoms with Crippen LogP contribution in [0.1, 0.15) is 41.3 Å². The number of ether oxygens (including phenoxy) is 2. The molecule has 0 unspecified atom stereocenters. The van der Waals surface area contributed by atoms with Crippen LogP contribution in [0.2, 0.25) is 5.02 Å². The highest BCUT2D eigenvalue weighted by molar-refractivity contribution is 6.31. The second kappa shape index (κ2) is 11.6. The molecule has 0 bridgehead atoms. The lowest BCUT2D eigenvalue weighted by molar-refractivity contribution is 0.0955. The maximum Gasteiger partial charge on any atom is 0.271 e. The number of hydrogen-bond donors (Lipinski definition) is 1. The topological polar surface area (TPSA) is 63.2 Å². The molecule has 0 spiro atoms. The number of hydrazone groups is 1. The van der Waals surface area contributed by atoms with Gasteiger partial charge in [0.15, 0.2) is 11.5 Å². The summed E-state index contributed by atoms with van der Waals surface area (Å²) >= 11 is 6.22. The molecule has 1 aliphatic heterocycles. The zero-order valence-corrected chi connectivity index (χ0v) is 19.9. The van der Waals surface area contributed by atoms with Crippen molar-refractivity contribution < 1.29 is 14.3 Å². The van der Waals surface area contributed by atoms with E-state index in [2.05, 4.69) is 15.4 Å². The lowest BCUT2D eigenvalue weighted by Gasteiger charge is -2.17. The van der Waals surface area contributed by atoms with E-state index in [1.807, 2.05) is 73.7 Å². The lowest BCUT2D eigenvalue weighted by Crippen LogP contribution is -2.19. The molecule has 0 aliphatic carbocycles. The van der Waals surface area contributed by atoms with Crippen molar-refractivity contribution in [1.82, 2.24) is 5.43 Å². The van der Waals surface area contributed by atoms with E-state index < -0.39 is 0 Å². The molecule has 1 aliphatic rings. The Morgan fingerprint density at radius 2 is 1.79 bits per heavy atom. The van der Waals surface area contributed by atoms with Crippen LogP contribution < -0.4 is 19.8 Å². The molecule has 0 aromatic heterocycles. The van der Waals surface area contributed by atoms with Crippen LogP contribution in [0, 0.1) is 0 Å². The summed E-state index contributed by atoms with van der Waals surface area (Å²) < 4.78 is 11.7. The van der Waals surface area contributed by atoms with Gasteiger partial charge < -0.3 is 14.4 Å². The number of carbonyl (C=O) groups excluding carboxylic acids is 1. The maximum atomic E-state index is 12.4. The first-order valence-electron chi connectivity index (χ1n) is 11.5. The van der Waals surface area contributed by atoms with E-state index in [-0.39, 0.29) is 5.91 Å². The van der Waals surface area contributed by atoms with Gasteiger partial charge in [0.1, 0.15) is 6.61 Å². The Balaban J connectivity index is 1.36. The molecule has 1 amide bonds. The summed E-state index contributed by atoms with van der Waals surface area (Å²) in [4.78, 5) is 14.8. The molecular weight excluding hydrogens is 450 g/mol. The van der Waals surface area contributed by atoms with E-state index in [0.717, 1.165) is 29.9 Å². The largest absolute Gasteiger partial charge is 0.490 e. The first-order valence-corrected chi connectivity index (χ1v) is 11.8. The summed E-state index contributed by atoms with van der Waals surface area (Å²) in [6.45, 7) is 4.88. The number of rotatable bonds is 9. The van der Waals surface area contributed by atoms with Crippen molar-refractivity contribution in [3.8, 4) is 11.5 Å². The fourth-order valence-electron chi connectivity index (χ4n) is 3.79. The predicted octanol–water partition coefficient (Wildman–Crippen LogP) is 5.68. The number of benzene rings is 3. The third-order valence-corrected chi connectivity index (χ3v) is 5.96. The van der Waals surface area contributed by atoms with Crippen molar-refractivity contribution in [1.29, 1.82) is 0 Å². The van der Waals surface area contributed by atoms with Gasteiger partial charge in [0, 0.05) is 34.9 Å². The molecule has 6 nitrogen and oxygen atoms in total. The second-order valence-corrected chi connectivity index (χ2v) is 8.37. The van der Waals surface area contributed by atoms with Crippen LogP contribution >= 0.6 is 11.6 Å². The highest BCUT2D eigenvalue weighted by atomic mass is 35.5. The van der Waals surface area contributed by atoms with Gasteiger partial charge in [-0.15, -0.1) is 0 Å². The summed E-state index contributed by atoms with van der Waals surface area (Å²) in [6, 6.07) is 20.7. The van der Waals surface area contributed by atoms with E-state index in [9.17, 15) is 4.79 Å². The molecule has 4 rings (SSSR count). The third kappa shape index (κ3) is 6.08. The highest BCUT2D eigenvalue weighted by Gasteiger charge is 2.13. The van der Waals surface area contributed by atoms with Crippen molar-refractivity contribution in [2.45, 2.75) is 26.4 Å². The number of nitrogens with zero attached hydrogens (tertiary/aromatic N) is 2. The van der Waals surface area contributed by atoms with E-state index in [1.165, 1.54) is 12.8 Å². The molecule has 0 radical (unpaired) electrons. The monoisotopic (exact) mass is 477 g/mol. The molecule has 1 heterocycles. The standard InChI is InChI=1S/C27H28ClN3O3/c1-2-33-26-17-20(9-14-25(26)34-19-22-7-3-4-8-24(22)28)18-29-30-27(32)21-10-12-23(13-11-21)31-15-5-6-16-31/h3-4,7-14,17-18H,2,5-6,15-16,19H2,1H3,(H,30,32)/b29-18-. The molecule has 0 saturated carbocycles. The Morgan fingerprint density at radius 3 is 2.53 bits per heavy atom. The van der Waals surface area contributed by atoms with Gasteiger partial charge in [-0.25, -0.2) is 5.43 Å². The minimum atomic E-state index is -0.256. The Hall–Kier alpha value is -3.51. The first-order chi connectivity index (χ1) is 16.6. The molecule has 0 atom stereocenters. The van der Waals surface area contributed by atoms with Crippen LogP contribution in [0.5, 0.6) is 11.5 Å². The summed E-state index contributed by atoms with van der Waals surface area (Å²) in [5, 5.41) is 4.76. The third-order valence-electron chi connectivity index (χ3n) is 5.59. The summed E-state index contributed by atoms with van der Waals surface area (Å²) in [5.41, 5.74) is 5.98. The number of nitrogens with one attached hydrogen (secondary N) is 1. The minimum Gasteiger partial charge on any atom is -0.490 e. The molecule has 1 fully saturated rings. The van der Waals surface area contributed by atoms with Gasteiger partial charge >= 0.3 is 0 Å². The maximum absolute atomic E-state index is 12.4. The van der Waals surface area contributed by atoms with Crippen molar-refractivity contribution in [3.05, 3.63) is 88.4 Å². The first kappa shape index (κ1) is 23.6. The number of carbonyl (C=O) groups is 1. The quantitative estimate of drug-likeness (QED) is 0.318. The average molecular weight is 478 g/mol. The van der Waals surface area contributed by atoms with Crippen molar-refractivity contribution >= 4 is 29.4 Å². The van der Waals surface area contributed by atoms with Crippen LogP contribution in [0.25, 0.3) is 0 Å². The summed E-state index contributed by atoms with van der Waals surface area (Å²) in [5.74, 6) is 0.956. The summed E-state index contributed by atoms with van der Waals surface area (Å²) in [7, 11) is 0. The van der Waals surface area contributed by atoms with Gasteiger partial charge in [0.25, 0.3) is 5.91 Å². The Morgan fingerprint density at radius 1 is 1.03 bits per heavy atom. The smallest absolute Gasteiger partial charge is 0.271 e. The van der Waals surface area contributed by atoms with Crippen LogP contribution in [0.15, 0.2) is 71.8 Å². The Labute approximate surface area is 205 Å². The fourth-order valence-corrected chi connectivity index (χ4v) is 3.98. The highest BCUT2D eigenvalue weighted by Crippen LogP contribution is 2.29. The van der Waals surface area contributed by atoms with Crippen molar-refractivity contribution in [2.24, 2.45) is 5.10 Å². The molecule has 176 valence electrons. The average Bonchev–Trinajstić information content (AvgIpc) is 3.40. The zero-order chi connectivity index (χ0) is 23.8. The van der Waals surface area contributed by atoms with E-state index in [4.69, 9.17) is 21.1 Å². The summed E-state index contributed by atoms with van der Waals surface area (Å²) in [6.07, 6.45) is 4.02. The van der Waals surface area contributed by atoms with Crippen LogP contribution in [-0.4, -0.2) is 31.8 Å². The van der Waals surface area contributed by atoms with Crippen LogP contribution in [0.3, 0.4) is 0 Å². The molecule has 3 aromatic rings. The van der Waals surface area contributed by atoms with Gasteiger partial charge in [-0.2, -0.15) is 5.10 Å². The lowest BCUT2D eigenvalue weighted by atomic mass is 10.2. The van der Waals surface area contributed by atoms with E-state index >= 15 is 0 Å². The SMILES string of the molecule is CCOc1cc(/C=N\NC(=O)c2ccc(N3CCCC3)cc2)ccc1OCc1ccccc1Cl. The van der Waals surface area contributed by atoms with Gasteiger partial charge in [-0.1, -0.05) is 29.8 Å². The van der Waals surface area contributed by atoms with E-state index in [1.54, 1.807) is 6.21 Å². The van der Waals surface area contributed by atoms with Crippen LogP contribution in [0.4, 0.5) is 5.69 Å². The van der Waals surface area contributed by atoms with Gasteiger partial charge in [0.05, 0.1) is 12.8 Å². The number of amides is 1. The van der Waals surface area contributed by atoms with Gasteiger partial charge in [0.2, 0.25) is 0 Å². The van der Waals surface area contributed by atoms with Crippen molar-refractivity contribution in [3.63, 3.8) is 0 Å². The number of anilines is 1. The fraction of sp³-hybridized carbons (Fsp3) is 0.259. The van der Waals surface area contributed by atoms with Crippen LogP contribution in [-0.2, 0) is 6.61 Å². The number of halogens is 1. The van der Waals surface area contributed by atoms with E-state index in [0.29, 0.717) is 35.3 Å². The molecule has 1 N–H and O–H groups in total. The molecule has 7 heteroatoms. The Bertz CT molecular complexity index is 1140. The molecule has 1 saturated heterocycles. The van der Waals surface area contributed by atoms with Gasteiger partial charge in [-0.3, -0.25) is 4.79 Å². The van der Waals surface area contributed by atoms with Gasteiger partial charge in [-0.05, 0) is 73.9 Å². The Kier molecular flexibility index (Phi) is 8.04. The molecule has 3 aromatic carbocycles. The zero-order valence-electron chi connectivity index (χ0n) is 19.2. The normalized spacial score (nSPS) is 13.3.